The van der Waals surface area contributed by atoms with E-state index in [-0.39, 0.29) is 37.4 Å². The smallest absolute Gasteiger partial charge is 0.253 e. The molecule has 2 fully saturated rings. The van der Waals surface area contributed by atoms with E-state index in [1.165, 1.54) is 20.9 Å². The molecule has 380 valence electrons. The number of hydrogen-bond acceptors (Lipinski definition) is 19. The number of aromatic nitrogens is 8. The minimum atomic E-state index is -0.943. The number of carbonyl (C=O) groups is 2. The lowest BCUT2D eigenvalue weighted by atomic mass is 9.72. The number of unbranched alkanes of at least 4 members (excludes halogenated alkanes) is 1. The number of likely N-dealkylation sites (tertiary alicyclic amines) is 1. The molecule has 20 nitrogen and oxygen atoms in total. The van der Waals surface area contributed by atoms with Crippen LogP contribution in [0.3, 0.4) is 0 Å². The van der Waals surface area contributed by atoms with Crippen molar-refractivity contribution in [3.8, 4) is 33.9 Å². The zero-order valence-corrected chi connectivity index (χ0v) is 42.9. The number of anilines is 2. The molecule has 1 aromatic carbocycles. The number of β-amino-alcohol motifs (C(OH)–C–C–N with tert-alkyl or cyclic N) is 1. The van der Waals surface area contributed by atoms with Gasteiger partial charge in [0.15, 0.2) is 0 Å². The highest BCUT2D eigenvalue weighted by Gasteiger charge is 2.45. The first-order valence-electron chi connectivity index (χ1n) is 24.7. The molecule has 0 bridgehead atoms. The Morgan fingerprint density at radius 1 is 1.11 bits per heavy atom. The van der Waals surface area contributed by atoms with Crippen LogP contribution in [0.2, 0.25) is 0 Å². The van der Waals surface area contributed by atoms with Gasteiger partial charge in [0.25, 0.3) is 5.88 Å². The summed E-state index contributed by atoms with van der Waals surface area (Å²) in [6.07, 6.45) is 7.68. The van der Waals surface area contributed by atoms with Crippen LogP contribution in [0.4, 0.5) is 10.9 Å². The Kier molecular flexibility index (Phi) is 15.3. The average Bonchev–Trinajstić information content (AvgIpc) is 4.23. The van der Waals surface area contributed by atoms with Gasteiger partial charge < -0.3 is 45.2 Å². The van der Waals surface area contributed by atoms with Crippen molar-refractivity contribution in [2.45, 2.75) is 115 Å². The second-order valence-electron chi connectivity index (χ2n) is 19.6. The molecule has 2 saturated heterocycles. The van der Waals surface area contributed by atoms with E-state index in [1.807, 2.05) is 52.0 Å². The highest BCUT2D eigenvalue weighted by molar-refractivity contribution is 7.16. The summed E-state index contributed by atoms with van der Waals surface area (Å²) in [5.41, 5.74) is 12.0. The standard InChI is InChI=1S/C50H62N14O6S2/c1-29(2)42(47(68)63-25-34(66)22-38(63)46(67)55-37(27-65)32-11-13-33(14-12-32)43-31(4)54-28-71-43)64-26-40(58-60-64)69-21-7-6-18-61-19-9-20-62(30(3)24-61)49-53-17-15-36(56-49)45-57-48(70-59-45)50(5)16-8-10-39-41(50)35(23-51)44(52)72-39/h11-15,17,26,28-30,34,37-38,42,65-66H,6-10,16,18-22,24-25,27,52H2,1-5H3,(H,55,67)/t30-,34-,37-,38-,42-,50-/m0/s1. The van der Waals surface area contributed by atoms with Crippen LogP contribution in [0.5, 0.6) is 5.88 Å². The summed E-state index contributed by atoms with van der Waals surface area (Å²) >= 11 is 3.02. The van der Waals surface area contributed by atoms with Crippen LogP contribution in [0.25, 0.3) is 22.0 Å². The van der Waals surface area contributed by atoms with Gasteiger partial charge in [-0.2, -0.15) is 10.2 Å². The molecule has 22 heteroatoms. The Bertz CT molecular complexity index is 2890. The van der Waals surface area contributed by atoms with Crippen molar-refractivity contribution in [2.24, 2.45) is 5.92 Å². The van der Waals surface area contributed by atoms with Crippen molar-refractivity contribution in [2.75, 3.05) is 56.6 Å². The maximum Gasteiger partial charge on any atom is 0.253 e. The largest absolute Gasteiger partial charge is 0.475 e. The van der Waals surface area contributed by atoms with Crippen molar-refractivity contribution >= 4 is 45.4 Å². The average molecular weight is 1020 g/mol. The zero-order chi connectivity index (χ0) is 50.7. The summed E-state index contributed by atoms with van der Waals surface area (Å²) in [6, 6.07) is 9.36. The number of aliphatic hydroxyl groups is 2. The molecule has 72 heavy (non-hydrogen) atoms. The first-order valence-corrected chi connectivity index (χ1v) is 26.4. The number of benzene rings is 1. The first-order chi connectivity index (χ1) is 34.8. The predicted molar refractivity (Wildman–Crippen MR) is 271 cm³/mol. The lowest BCUT2D eigenvalue weighted by molar-refractivity contribution is -0.142. The monoisotopic (exact) mass is 1020 g/mol. The summed E-state index contributed by atoms with van der Waals surface area (Å²) in [7, 11) is 0. The van der Waals surface area contributed by atoms with E-state index in [1.54, 1.807) is 35.3 Å². The molecule has 2 aliphatic heterocycles. The summed E-state index contributed by atoms with van der Waals surface area (Å²) in [5.74, 6) is 0.673. The number of rotatable bonds is 17. The van der Waals surface area contributed by atoms with Gasteiger partial charge in [-0.05, 0) is 95.5 Å². The highest BCUT2D eigenvalue weighted by atomic mass is 32.1. The number of nitriles is 1. The van der Waals surface area contributed by atoms with Crippen LogP contribution in [0.15, 0.2) is 52.8 Å². The maximum absolute atomic E-state index is 14.3. The normalized spacial score (nSPS) is 21.3. The van der Waals surface area contributed by atoms with E-state index in [9.17, 15) is 25.1 Å². The molecule has 5 aromatic heterocycles. The van der Waals surface area contributed by atoms with E-state index in [2.05, 4.69) is 53.5 Å². The SMILES string of the molecule is Cc1ncsc1-c1ccc([C@H](CO)NC(=O)[C@@H]2C[C@H](O)CN2C(=O)[C@H](C(C)C)n2cc(OCCCCN3CCCN(c4nccc(-c5noc([C@@]6(C)CCCc7sc(N)c(C#N)c76)n5)n4)[C@@H](C)C3)nn2)cc1. The van der Waals surface area contributed by atoms with Gasteiger partial charge in [-0.15, -0.1) is 22.7 Å². The summed E-state index contributed by atoms with van der Waals surface area (Å²) < 4.78 is 13.4. The number of carbonyl (C=O) groups excluding carboxylic acids is 2. The summed E-state index contributed by atoms with van der Waals surface area (Å²) in [4.78, 5) is 55.0. The quantitative estimate of drug-likeness (QED) is 0.0825. The number of fused-ring (bicyclic) bond motifs is 1. The van der Waals surface area contributed by atoms with E-state index in [4.69, 9.17) is 25.0 Å². The number of aryl methyl sites for hydroxylation is 2. The number of nitrogens with one attached hydrogen (secondary N) is 1. The molecule has 0 saturated carbocycles. The topological polar surface area (TPSA) is 264 Å². The number of thiazole rings is 1. The Morgan fingerprint density at radius 3 is 2.68 bits per heavy atom. The number of nitrogens with two attached hydrogens (primary N) is 1. The Balaban J connectivity index is 0.754. The number of amides is 2. The summed E-state index contributed by atoms with van der Waals surface area (Å²) in [5, 5.41) is 47.3. The molecule has 2 amide bonds. The van der Waals surface area contributed by atoms with Gasteiger partial charge in [0.05, 0.1) is 58.6 Å². The predicted octanol–water partition coefficient (Wildman–Crippen LogP) is 5.48. The van der Waals surface area contributed by atoms with Crippen LogP contribution < -0.4 is 20.7 Å². The third kappa shape index (κ3) is 10.4. The Hall–Kier alpha value is -6.38. The zero-order valence-electron chi connectivity index (χ0n) is 41.3. The van der Waals surface area contributed by atoms with Gasteiger partial charge >= 0.3 is 0 Å². The third-order valence-corrected chi connectivity index (χ3v) is 16.2. The molecule has 6 atom stereocenters. The second kappa shape index (κ2) is 21.8. The molecular weight excluding hydrogens is 957 g/mol. The fourth-order valence-corrected chi connectivity index (χ4v) is 12.4. The Labute approximate surface area is 426 Å². The summed E-state index contributed by atoms with van der Waals surface area (Å²) in [6.45, 7) is 13.4. The minimum absolute atomic E-state index is 0.0112. The lowest BCUT2D eigenvalue weighted by Gasteiger charge is -2.30. The van der Waals surface area contributed by atoms with E-state index in [0.29, 0.717) is 52.0 Å². The van der Waals surface area contributed by atoms with Crippen molar-refractivity contribution in [1.82, 2.24) is 55.2 Å². The fourth-order valence-electron chi connectivity index (χ4n) is 10.4. The Morgan fingerprint density at radius 2 is 1.93 bits per heavy atom. The van der Waals surface area contributed by atoms with Crippen LogP contribution in [0, 0.1) is 24.2 Å². The van der Waals surface area contributed by atoms with Gasteiger partial charge in [0.1, 0.15) is 28.8 Å². The van der Waals surface area contributed by atoms with Crippen molar-refractivity contribution in [3.05, 3.63) is 81.4 Å². The first kappa shape index (κ1) is 50.6. The second-order valence-corrected chi connectivity index (χ2v) is 21.6. The molecule has 6 aromatic rings. The van der Waals surface area contributed by atoms with Crippen molar-refractivity contribution in [1.29, 1.82) is 5.26 Å². The highest BCUT2D eigenvalue weighted by Crippen LogP contribution is 2.48. The fraction of sp³-hybridized carbons (Fsp3) is 0.520. The molecule has 0 unspecified atom stereocenters. The van der Waals surface area contributed by atoms with Crippen LogP contribution in [-0.4, -0.2) is 136 Å². The van der Waals surface area contributed by atoms with Gasteiger partial charge in [-0.25, -0.2) is 19.6 Å². The van der Waals surface area contributed by atoms with Crippen molar-refractivity contribution < 1.29 is 29.1 Å². The van der Waals surface area contributed by atoms with Gasteiger partial charge in [-0.3, -0.25) is 9.59 Å². The molecule has 5 N–H and O–H groups in total. The minimum Gasteiger partial charge on any atom is -0.475 e. The number of nitrogen functional groups attached to an aromatic ring is 1. The molecular formula is C50H62N14O6S2. The molecule has 1 aliphatic carbocycles. The third-order valence-electron chi connectivity index (χ3n) is 14.2. The van der Waals surface area contributed by atoms with Gasteiger partial charge in [0, 0.05) is 48.7 Å². The lowest BCUT2D eigenvalue weighted by Crippen LogP contribution is -2.50. The van der Waals surface area contributed by atoms with Crippen LogP contribution in [0.1, 0.15) is 111 Å². The van der Waals surface area contributed by atoms with Crippen molar-refractivity contribution in [3.63, 3.8) is 0 Å². The van der Waals surface area contributed by atoms with Crippen LogP contribution >= 0.6 is 22.7 Å². The van der Waals surface area contributed by atoms with Gasteiger partial charge in [-0.1, -0.05) is 53.6 Å². The maximum atomic E-state index is 14.3. The number of aliphatic hydroxyl groups excluding tert-OH is 2. The molecule has 0 spiro atoms. The molecule has 7 heterocycles. The number of nitrogens with zero attached hydrogens (tertiary/aromatic N) is 12. The van der Waals surface area contributed by atoms with Gasteiger partial charge in [0.2, 0.25) is 29.5 Å². The van der Waals surface area contributed by atoms with E-state index >= 15 is 0 Å². The van der Waals surface area contributed by atoms with E-state index < -0.39 is 35.6 Å². The molecule has 9 rings (SSSR count). The molecule has 0 radical (unpaired) electrons. The molecule has 3 aliphatic rings. The number of ether oxygens (including phenoxy) is 1. The van der Waals surface area contributed by atoms with E-state index in [0.717, 1.165) is 91.3 Å². The van der Waals surface area contributed by atoms with Crippen LogP contribution in [-0.2, 0) is 21.4 Å². The number of thiophene rings is 1. The number of hydrogen-bond donors (Lipinski definition) is 4.